The predicted octanol–water partition coefficient (Wildman–Crippen LogP) is 0.824. The SMILES string of the molecule is CN1C2CCC1CN(C(=O)CC1CCCN1)CC2. The van der Waals surface area contributed by atoms with E-state index >= 15 is 0 Å². The maximum atomic E-state index is 12.4. The summed E-state index contributed by atoms with van der Waals surface area (Å²) in [7, 11) is 2.23. The van der Waals surface area contributed by atoms with Gasteiger partial charge in [0.05, 0.1) is 0 Å². The smallest absolute Gasteiger partial charge is 0.224 e. The molecule has 1 N–H and O–H groups in total. The second kappa shape index (κ2) is 5.17. The van der Waals surface area contributed by atoms with Crippen LogP contribution in [-0.2, 0) is 4.79 Å². The first-order valence-electron chi connectivity index (χ1n) is 7.47. The van der Waals surface area contributed by atoms with Crippen LogP contribution in [0.4, 0.5) is 0 Å². The molecule has 2 bridgehead atoms. The molecule has 3 aliphatic heterocycles. The predicted molar refractivity (Wildman–Crippen MR) is 71.4 cm³/mol. The van der Waals surface area contributed by atoms with Crippen LogP contribution in [0.15, 0.2) is 0 Å². The Morgan fingerprint density at radius 3 is 2.83 bits per heavy atom. The molecule has 3 unspecified atom stereocenters. The molecule has 0 aromatic heterocycles. The number of amides is 1. The molecule has 4 nitrogen and oxygen atoms in total. The summed E-state index contributed by atoms with van der Waals surface area (Å²) < 4.78 is 0. The lowest BCUT2D eigenvalue weighted by atomic mass is 10.1. The minimum absolute atomic E-state index is 0.371. The maximum absolute atomic E-state index is 12.4. The van der Waals surface area contributed by atoms with Crippen molar-refractivity contribution in [1.29, 1.82) is 0 Å². The zero-order valence-electron chi connectivity index (χ0n) is 11.4. The molecule has 3 fully saturated rings. The Bertz CT molecular complexity index is 314. The Hall–Kier alpha value is -0.610. The van der Waals surface area contributed by atoms with E-state index in [9.17, 15) is 4.79 Å². The first kappa shape index (κ1) is 12.4. The highest BCUT2D eigenvalue weighted by atomic mass is 16.2. The number of carbonyl (C=O) groups is 1. The van der Waals surface area contributed by atoms with Crippen LogP contribution in [0.5, 0.6) is 0 Å². The van der Waals surface area contributed by atoms with Crippen LogP contribution in [0.25, 0.3) is 0 Å². The molecule has 1 amide bonds. The molecular weight excluding hydrogens is 226 g/mol. The number of carbonyl (C=O) groups excluding carboxylic acids is 1. The van der Waals surface area contributed by atoms with Crippen molar-refractivity contribution in [3.05, 3.63) is 0 Å². The van der Waals surface area contributed by atoms with Crippen LogP contribution in [-0.4, -0.2) is 60.5 Å². The van der Waals surface area contributed by atoms with Gasteiger partial charge in [0.25, 0.3) is 0 Å². The number of fused-ring (bicyclic) bond motifs is 2. The van der Waals surface area contributed by atoms with Crippen molar-refractivity contribution in [1.82, 2.24) is 15.1 Å². The fraction of sp³-hybridized carbons (Fsp3) is 0.929. The standard InChI is InChI=1S/C14H25N3O/c1-16-12-4-5-13(16)10-17(8-6-12)14(18)9-11-3-2-7-15-11/h11-13,15H,2-10H2,1H3. The van der Waals surface area contributed by atoms with E-state index in [1.165, 1.54) is 25.7 Å². The van der Waals surface area contributed by atoms with Gasteiger partial charge in [-0.3, -0.25) is 9.69 Å². The number of likely N-dealkylation sites (N-methyl/N-ethyl adjacent to an activating group) is 1. The largest absolute Gasteiger partial charge is 0.341 e. The topological polar surface area (TPSA) is 35.6 Å². The summed E-state index contributed by atoms with van der Waals surface area (Å²) in [5.74, 6) is 0.371. The van der Waals surface area contributed by atoms with Crippen molar-refractivity contribution in [3.63, 3.8) is 0 Å². The van der Waals surface area contributed by atoms with Gasteiger partial charge >= 0.3 is 0 Å². The molecule has 0 saturated carbocycles. The second-order valence-corrected chi connectivity index (χ2v) is 6.18. The fourth-order valence-electron chi connectivity index (χ4n) is 3.81. The summed E-state index contributed by atoms with van der Waals surface area (Å²) in [5, 5.41) is 3.43. The normalized spacial score (nSPS) is 36.9. The zero-order chi connectivity index (χ0) is 12.5. The number of nitrogens with one attached hydrogen (secondary N) is 1. The van der Waals surface area contributed by atoms with Crippen molar-refractivity contribution >= 4 is 5.91 Å². The van der Waals surface area contributed by atoms with E-state index < -0.39 is 0 Å². The van der Waals surface area contributed by atoms with Gasteiger partial charge in [0.1, 0.15) is 0 Å². The van der Waals surface area contributed by atoms with E-state index in [1.54, 1.807) is 0 Å². The molecule has 3 aliphatic rings. The zero-order valence-corrected chi connectivity index (χ0v) is 11.4. The number of rotatable bonds is 2. The minimum atomic E-state index is 0.371. The third-order valence-electron chi connectivity index (χ3n) is 5.08. The molecule has 0 aromatic rings. The Balaban J connectivity index is 1.57. The Morgan fingerprint density at radius 1 is 1.22 bits per heavy atom. The highest BCUT2D eigenvalue weighted by molar-refractivity contribution is 5.77. The summed E-state index contributed by atoms with van der Waals surface area (Å²) in [6.07, 6.45) is 6.87. The molecule has 3 saturated heterocycles. The van der Waals surface area contributed by atoms with E-state index in [4.69, 9.17) is 0 Å². The fourth-order valence-corrected chi connectivity index (χ4v) is 3.81. The lowest BCUT2D eigenvalue weighted by Gasteiger charge is -2.26. The van der Waals surface area contributed by atoms with Crippen molar-refractivity contribution < 1.29 is 4.79 Å². The first-order valence-corrected chi connectivity index (χ1v) is 7.47. The summed E-state index contributed by atoms with van der Waals surface area (Å²) in [4.78, 5) is 17.0. The molecule has 3 atom stereocenters. The first-order chi connectivity index (χ1) is 8.74. The quantitative estimate of drug-likeness (QED) is 0.789. The average Bonchev–Trinajstić information content (AvgIpc) is 2.89. The van der Waals surface area contributed by atoms with Crippen LogP contribution in [0, 0.1) is 0 Å². The Kier molecular flexibility index (Phi) is 3.57. The third-order valence-corrected chi connectivity index (χ3v) is 5.08. The maximum Gasteiger partial charge on any atom is 0.224 e. The lowest BCUT2D eigenvalue weighted by Crippen LogP contribution is -2.41. The van der Waals surface area contributed by atoms with E-state index in [0.717, 1.165) is 32.1 Å². The third kappa shape index (κ3) is 2.41. The van der Waals surface area contributed by atoms with Crippen molar-refractivity contribution in [2.45, 2.75) is 56.7 Å². The monoisotopic (exact) mass is 251 g/mol. The van der Waals surface area contributed by atoms with Gasteiger partial charge in [0.15, 0.2) is 0 Å². The molecular formula is C14H25N3O. The van der Waals surface area contributed by atoms with Crippen LogP contribution in [0.2, 0.25) is 0 Å². The van der Waals surface area contributed by atoms with Crippen molar-refractivity contribution in [2.75, 3.05) is 26.7 Å². The summed E-state index contributed by atoms with van der Waals surface area (Å²) in [6.45, 7) is 3.01. The van der Waals surface area contributed by atoms with Crippen molar-refractivity contribution in [3.8, 4) is 0 Å². The van der Waals surface area contributed by atoms with Gasteiger partial charge in [-0.1, -0.05) is 0 Å². The number of nitrogens with zero attached hydrogens (tertiary/aromatic N) is 2. The van der Waals surface area contributed by atoms with E-state index in [2.05, 4.69) is 22.2 Å². The summed E-state index contributed by atoms with van der Waals surface area (Å²) in [5.41, 5.74) is 0. The van der Waals surface area contributed by atoms with Crippen LogP contribution >= 0.6 is 0 Å². The van der Waals surface area contributed by atoms with Gasteiger partial charge < -0.3 is 10.2 Å². The van der Waals surface area contributed by atoms with Gasteiger partial charge in [-0.25, -0.2) is 0 Å². The highest BCUT2D eigenvalue weighted by Crippen LogP contribution is 2.28. The molecule has 18 heavy (non-hydrogen) atoms. The molecule has 3 rings (SSSR count). The van der Waals surface area contributed by atoms with E-state index in [0.29, 0.717) is 24.4 Å². The number of hydrogen-bond acceptors (Lipinski definition) is 3. The Morgan fingerprint density at radius 2 is 2.06 bits per heavy atom. The van der Waals surface area contributed by atoms with Gasteiger partial charge in [0, 0.05) is 37.6 Å². The number of hydrogen-bond donors (Lipinski definition) is 1. The molecule has 4 heteroatoms. The minimum Gasteiger partial charge on any atom is -0.341 e. The van der Waals surface area contributed by atoms with Crippen LogP contribution in [0.1, 0.15) is 38.5 Å². The lowest BCUT2D eigenvalue weighted by molar-refractivity contribution is -0.132. The molecule has 0 aromatic carbocycles. The molecule has 102 valence electrons. The molecule has 3 heterocycles. The Labute approximate surface area is 110 Å². The highest BCUT2D eigenvalue weighted by Gasteiger charge is 2.36. The van der Waals surface area contributed by atoms with Crippen molar-refractivity contribution in [2.24, 2.45) is 0 Å². The summed E-state index contributed by atoms with van der Waals surface area (Å²) in [6, 6.07) is 1.77. The van der Waals surface area contributed by atoms with Crippen LogP contribution in [0.3, 0.4) is 0 Å². The summed E-state index contributed by atoms with van der Waals surface area (Å²) >= 11 is 0. The molecule has 0 radical (unpaired) electrons. The van der Waals surface area contributed by atoms with E-state index in [1.807, 2.05) is 0 Å². The average molecular weight is 251 g/mol. The van der Waals surface area contributed by atoms with E-state index in [-0.39, 0.29) is 0 Å². The molecule has 0 aliphatic carbocycles. The second-order valence-electron chi connectivity index (χ2n) is 6.18. The van der Waals surface area contributed by atoms with Gasteiger partial charge in [-0.15, -0.1) is 0 Å². The van der Waals surface area contributed by atoms with Crippen LogP contribution < -0.4 is 5.32 Å². The van der Waals surface area contributed by atoms with Gasteiger partial charge in [-0.05, 0) is 45.7 Å². The molecule has 0 spiro atoms. The van der Waals surface area contributed by atoms with Gasteiger partial charge in [-0.2, -0.15) is 0 Å². The van der Waals surface area contributed by atoms with Gasteiger partial charge in [0.2, 0.25) is 5.91 Å². The number of likely N-dealkylation sites (tertiary alicyclic amines) is 1.